The number of fused-ring (bicyclic) bond motifs is 1. The van der Waals surface area contributed by atoms with Crippen molar-refractivity contribution in [1.82, 2.24) is 9.97 Å². The van der Waals surface area contributed by atoms with Crippen molar-refractivity contribution in [3.05, 3.63) is 60.3 Å². The summed E-state index contributed by atoms with van der Waals surface area (Å²) < 4.78 is 5.61. The van der Waals surface area contributed by atoms with E-state index in [2.05, 4.69) is 9.97 Å². The third-order valence-corrected chi connectivity index (χ3v) is 5.12. The smallest absolute Gasteiger partial charge is 0.365 e. The summed E-state index contributed by atoms with van der Waals surface area (Å²) in [5, 5.41) is 10.3. The highest BCUT2D eigenvalue weighted by atomic mass is 16.5. The molecule has 6 nitrogen and oxygen atoms in total. The van der Waals surface area contributed by atoms with Gasteiger partial charge in [-0.1, -0.05) is 48.5 Å². The van der Waals surface area contributed by atoms with Gasteiger partial charge in [-0.15, -0.1) is 0 Å². The Balaban J connectivity index is 1.88. The van der Waals surface area contributed by atoms with Gasteiger partial charge in [0.2, 0.25) is 0 Å². The highest BCUT2D eigenvalue weighted by Gasteiger charge is 2.40. The Morgan fingerprint density at radius 2 is 1.70 bits per heavy atom. The molecule has 2 heterocycles. The van der Waals surface area contributed by atoms with E-state index in [1.807, 2.05) is 54.6 Å². The highest BCUT2D eigenvalue weighted by molar-refractivity contribution is 6.01. The molecule has 6 heteroatoms. The van der Waals surface area contributed by atoms with Gasteiger partial charge in [-0.3, -0.25) is 0 Å². The zero-order valence-corrected chi connectivity index (χ0v) is 15.0. The second-order valence-electron chi connectivity index (χ2n) is 6.74. The number of aromatic nitrogens is 2. The Bertz CT molecular complexity index is 948. The zero-order valence-electron chi connectivity index (χ0n) is 15.0. The van der Waals surface area contributed by atoms with E-state index >= 15 is 0 Å². The van der Waals surface area contributed by atoms with Crippen molar-refractivity contribution >= 4 is 16.8 Å². The number of ether oxygens (including phenoxy) is 1. The zero-order chi connectivity index (χ0) is 18.7. The summed E-state index contributed by atoms with van der Waals surface area (Å²) in [4.78, 5) is 23.0. The lowest BCUT2D eigenvalue weighted by Gasteiger charge is -2.38. The van der Waals surface area contributed by atoms with E-state index in [4.69, 9.17) is 4.74 Å². The minimum absolute atomic E-state index is 0.0553. The number of hydrogen-bond donors (Lipinski definition) is 1. The fourth-order valence-electron chi connectivity index (χ4n) is 3.59. The predicted octanol–water partition coefficient (Wildman–Crippen LogP) is 2.28. The topological polar surface area (TPSA) is 72.3 Å². The molecule has 0 atom stereocenters. The van der Waals surface area contributed by atoms with Crippen LogP contribution in [0.1, 0.15) is 10.5 Å². The maximum Gasteiger partial charge on any atom is 0.365 e. The molecule has 0 unspecified atom stereocenters. The second kappa shape index (κ2) is 7.52. The van der Waals surface area contributed by atoms with Crippen LogP contribution in [0.2, 0.25) is 0 Å². The van der Waals surface area contributed by atoms with Gasteiger partial charge in [-0.2, -0.15) is 0 Å². The standard InChI is InChI=1S/C21H22N3O3/c25-13-10-24(11-14-27-15-12-24)21(26)19-17-8-4-5-9-18(17)22-20(23-19)16-6-2-1-3-7-16/h1-9,25H,10-15H2/q+1. The Morgan fingerprint density at radius 1 is 1.00 bits per heavy atom. The fourth-order valence-corrected chi connectivity index (χ4v) is 3.59. The van der Waals surface area contributed by atoms with Gasteiger partial charge in [0.1, 0.15) is 19.6 Å². The molecule has 1 N–H and O–H groups in total. The van der Waals surface area contributed by atoms with E-state index in [-0.39, 0.29) is 17.0 Å². The van der Waals surface area contributed by atoms with E-state index in [1.165, 1.54) is 0 Å². The largest absolute Gasteiger partial charge is 0.390 e. The third kappa shape index (κ3) is 3.35. The summed E-state index contributed by atoms with van der Waals surface area (Å²) in [7, 11) is 0. The maximum absolute atomic E-state index is 13.6. The molecule has 0 aliphatic carbocycles. The molecule has 1 aliphatic rings. The lowest BCUT2D eigenvalue weighted by Crippen LogP contribution is -2.60. The van der Waals surface area contributed by atoms with Crippen LogP contribution in [0.3, 0.4) is 0 Å². The first-order valence-electron chi connectivity index (χ1n) is 9.15. The molecule has 27 heavy (non-hydrogen) atoms. The van der Waals surface area contributed by atoms with E-state index in [0.29, 0.717) is 44.4 Å². The van der Waals surface area contributed by atoms with Crippen LogP contribution in [0.5, 0.6) is 0 Å². The Morgan fingerprint density at radius 3 is 2.44 bits per heavy atom. The van der Waals surface area contributed by atoms with Gasteiger partial charge in [0.15, 0.2) is 11.5 Å². The van der Waals surface area contributed by atoms with E-state index in [9.17, 15) is 9.90 Å². The summed E-state index contributed by atoms with van der Waals surface area (Å²) in [6.07, 6.45) is 0. The van der Waals surface area contributed by atoms with Gasteiger partial charge in [-0.05, 0) is 6.07 Å². The number of rotatable bonds is 4. The third-order valence-electron chi connectivity index (χ3n) is 5.12. The van der Waals surface area contributed by atoms with E-state index in [0.717, 1.165) is 16.5 Å². The van der Waals surface area contributed by atoms with E-state index in [1.54, 1.807) is 0 Å². The molecule has 0 spiro atoms. The fraction of sp³-hybridized carbons (Fsp3) is 0.286. The molecule has 0 saturated carbocycles. The molecule has 1 saturated heterocycles. The molecule has 1 amide bonds. The number of carbonyl (C=O) groups is 1. The number of aliphatic hydroxyl groups excluding tert-OH is 1. The van der Waals surface area contributed by atoms with Gasteiger partial charge >= 0.3 is 5.91 Å². The van der Waals surface area contributed by atoms with Crippen LogP contribution in [0.4, 0.5) is 0 Å². The summed E-state index contributed by atoms with van der Waals surface area (Å²) >= 11 is 0. The first kappa shape index (κ1) is 17.7. The Kier molecular flexibility index (Phi) is 4.94. The van der Waals surface area contributed by atoms with Crippen LogP contribution in [0.15, 0.2) is 54.6 Å². The Labute approximate surface area is 157 Å². The highest BCUT2D eigenvalue weighted by Crippen LogP contribution is 2.25. The van der Waals surface area contributed by atoms with Crippen molar-refractivity contribution in [3.63, 3.8) is 0 Å². The van der Waals surface area contributed by atoms with Crippen molar-refractivity contribution in [3.8, 4) is 11.4 Å². The monoisotopic (exact) mass is 364 g/mol. The van der Waals surface area contributed by atoms with Crippen molar-refractivity contribution in [2.75, 3.05) is 39.5 Å². The molecule has 138 valence electrons. The summed E-state index contributed by atoms with van der Waals surface area (Å²) in [6.45, 7) is 2.39. The van der Waals surface area contributed by atoms with Crippen LogP contribution in [0.25, 0.3) is 22.3 Å². The van der Waals surface area contributed by atoms with Crippen molar-refractivity contribution in [2.24, 2.45) is 0 Å². The number of benzene rings is 2. The quantitative estimate of drug-likeness (QED) is 0.719. The van der Waals surface area contributed by atoms with Crippen molar-refractivity contribution < 1.29 is 19.1 Å². The molecule has 1 fully saturated rings. The van der Waals surface area contributed by atoms with Gasteiger partial charge in [0.25, 0.3) is 0 Å². The number of morpholine rings is 1. The number of para-hydroxylation sites is 1. The number of nitrogens with zero attached hydrogens (tertiary/aromatic N) is 3. The van der Waals surface area contributed by atoms with Crippen LogP contribution in [-0.2, 0) is 4.74 Å². The van der Waals surface area contributed by atoms with Gasteiger partial charge < -0.3 is 9.84 Å². The number of aliphatic hydroxyl groups is 1. The van der Waals surface area contributed by atoms with Crippen molar-refractivity contribution in [2.45, 2.75) is 0 Å². The minimum Gasteiger partial charge on any atom is -0.390 e. The SMILES string of the molecule is O=C(c1nc(-c2ccccc2)nc2ccccc12)[N+]1(CCO)CCOCC1. The summed E-state index contributed by atoms with van der Waals surface area (Å²) in [6, 6.07) is 17.2. The molecule has 4 rings (SSSR count). The molecular formula is C21H22N3O3+. The van der Waals surface area contributed by atoms with E-state index < -0.39 is 0 Å². The van der Waals surface area contributed by atoms with Crippen molar-refractivity contribution in [1.29, 1.82) is 0 Å². The molecule has 2 aromatic carbocycles. The first-order valence-corrected chi connectivity index (χ1v) is 9.15. The van der Waals surface area contributed by atoms with Gasteiger partial charge in [-0.25, -0.2) is 19.2 Å². The summed E-state index contributed by atoms with van der Waals surface area (Å²) in [5.74, 6) is 0.455. The van der Waals surface area contributed by atoms with Gasteiger partial charge in [0, 0.05) is 10.9 Å². The molecule has 1 aliphatic heterocycles. The maximum atomic E-state index is 13.6. The van der Waals surface area contributed by atoms with Crippen LogP contribution < -0.4 is 0 Å². The van der Waals surface area contributed by atoms with Crippen LogP contribution in [0, 0.1) is 0 Å². The first-order chi connectivity index (χ1) is 13.2. The number of quaternary nitrogens is 1. The molecule has 0 bridgehead atoms. The lowest BCUT2D eigenvalue weighted by molar-refractivity contribution is -0.858. The van der Waals surface area contributed by atoms with Crippen LogP contribution in [-0.4, -0.2) is 64.9 Å². The average Bonchev–Trinajstić information content (AvgIpc) is 2.74. The van der Waals surface area contributed by atoms with Crippen LogP contribution >= 0.6 is 0 Å². The summed E-state index contributed by atoms with van der Waals surface area (Å²) in [5.41, 5.74) is 2.02. The second-order valence-corrected chi connectivity index (χ2v) is 6.74. The average molecular weight is 364 g/mol. The molecular weight excluding hydrogens is 342 g/mol. The molecule has 1 aromatic heterocycles. The number of carbonyl (C=O) groups excluding carboxylic acids is 1. The molecule has 0 radical (unpaired) electrons. The Hall–Kier alpha value is -2.67. The predicted molar refractivity (Wildman–Crippen MR) is 102 cm³/mol. The number of amides is 1. The van der Waals surface area contributed by atoms with Gasteiger partial charge in [0.05, 0.1) is 25.3 Å². The molecule has 3 aromatic rings. The minimum atomic E-state index is -0.0804. The number of hydrogen-bond acceptors (Lipinski definition) is 5. The lowest BCUT2D eigenvalue weighted by atomic mass is 10.1. The normalized spacial score (nSPS) is 16.3.